The zero-order valence-electron chi connectivity index (χ0n) is 14.4. The van der Waals surface area contributed by atoms with Gasteiger partial charge in [0.25, 0.3) is 11.8 Å². The van der Waals surface area contributed by atoms with Crippen molar-refractivity contribution in [3.63, 3.8) is 0 Å². The lowest BCUT2D eigenvalue weighted by molar-refractivity contribution is -0.140. The second-order valence-electron chi connectivity index (χ2n) is 7.29. The standard InChI is InChI=1S/C21H17ClN2O3/c22-15-3-1-2-14(10-15)17-9-8-16(27-17)11-23-24-20(25)18-12-4-5-13(7-6-12)19(18)21(24)26/h1-5,8-13,18-19H,6-7H2/b23-11-/t12-,13-,18-,19-/m0/s1. The zero-order chi connectivity index (χ0) is 18.5. The molecule has 1 aliphatic heterocycles. The van der Waals surface area contributed by atoms with Crippen LogP contribution in [0.3, 0.4) is 0 Å². The van der Waals surface area contributed by atoms with Crippen molar-refractivity contribution in [2.45, 2.75) is 12.8 Å². The summed E-state index contributed by atoms with van der Waals surface area (Å²) >= 11 is 6.01. The van der Waals surface area contributed by atoms with Crippen LogP contribution in [0.15, 0.2) is 58.1 Å². The molecule has 2 bridgehead atoms. The first-order chi connectivity index (χ1) is 13.1. The summed E-state index contributed by atoms with van der Waals surface area (Å²) in [5.74, 6) is 0.553. The van der Waals surface area contributed by atoms with E-state index in [1.165, 1.54) is 6.21 Å². The lowest BCUT2D eigenvalue weighted by atomic mass is 9.63. The summed E-state index contributed by atoms with van der Waals surface area (Å²) in [6.07, 6.45) is 7.56. The summed E-state index contributed by atoms with van der Waals surface area (Å²) in [6.45, 7) is 0. The summed E-state index contributed by atoms with van der Waals surface area (Å²) in [5.41, 5.74) is 0.851. The van der Waals surface area contributed by atoms with Crippen molar-refractivity contribution in [2.24, 2.45) is 28.8 Å². The van der Waals surface area contributed by atoms with Gasteiger partial charge in [0.15, 0.2) is 0 Å². The second kappa shape index (κ2) is 6.20. The van der Waals surface area contributed by atoms with Crippen molar-refractivity contribution in [2.75, 3.05) is 0 Å². The highest BCUT2D eigenvalue weighted by Crippen LogP contribution is 2.49. The molecule has 1 saturated carbocycles. The molecule has 2 aromatic rings. The minimum absolute atomic E-state index is 0.162. The number of furan rings is 1. The van der Waals surface area contributed by atoms with Gasteiger partial charge in [-0.1, -0.05) is 35.9 Å². The molecule has 0 N–H and O–H groups in total. The van der Waals surface area contributed by atoms with Crippen molar-refractivity contribution in [3.8, 4) is 11.3 Å². The number of rotatable bonds is 3. The van der Waals surface area contributed by atoms with E-state index in [9.17, 15) is 9.59 Å². The molecule has 5 nitrogen and oxygen atoms in total. The maximum absolute atomic E-state index is 12.7. The molecule has 27 heavy (non-hydrogen) atoms. The van der Waals surface area contributed by atoms with Crippen LogP contribution in [0.5, 0.6) is 0 Å². The molecule has 1 aromatic carbocycles. The smallest absolute Gasteiger partial charge is 0.254 e. The van der Waals surface area contributed by atoms with Gasteiger partial charge < -0.3 is 4.42 Å². The number of fused-ring (bicyclic) bond motifs is 1. The monoisotopic (exact) mass is 380 g/mol. The van der Waals surface area contributed by atoms with Crippen LogP contribution in [0.25, 0.3) is 11.3 Å². The average molecular weight is 381 g/mol. The van der Waals surface area contributed by atoms with Crippen molar-refractivity contribution in [1.82, 2.24) is 5.01 Å². The van der Waals surface area contributed by atoms with Crippen LogP contribution in [-0.4, -0.2) is 23.0 Å². The van der Waals surface area contributed by atoms with Crippen LogP contribution in [0.4, 0.5) is 0 Å². The van der Waals surface area contributed by atoms with E-state index in [1.54, 1.807) is 12.1 Å². The number of hydrogen-bond donors (Lipinski definition) is 0. The van der Waals surface area contributed by atoms with Crippen LogP contribution >= 0.6 is 11.6 Å². The first kappa shape index (κ1) is 16.5. The van der Waals surface area contributed by atoms with Crippen LogP contribution in [-0.2, 0) is 9.59 Å². The van der Waals surface area contributed by atoms with Crippen LogP contribution in [0.1, 0.15) is 18.6 Å². The van der Waals surface area contributed by atoms with Crippen molar-refractivity contribution in [3.05, 3.63) is 59.3 Å². The van der Waals surface area contributed by atoms with E-state index in [2.05, 4.69) is 17.3 Å². The fraction of sp³-hybridized carbons (Fsp3) is 0.286. The number of benzene rings is 1. The molecule has 0 radical (unpaired) electrons. The molecule has 0 unspecified atom stereocenters. The van der Waals surface area contributed by atoms with Gasteiger partial charge in [-0.2, -0.15) is 10.1 Å². The first-order valence-electron chi connectivity index (χ1n) is 9.08. The van der Waals surface area contributed by atoms with E-state index in [0.717, 1.165) is 23.4 Å². The largest absolute Gasteiger partial charge is 0.455 e. The van der Waals surface area contributed by atoms with E-state index in [0.29, 0.717) is 16.5 Å². The average Bonchev–Trinajstić information content (AvgIpc) is 3.26. The number of halogens is 1. The first-order valence-corrected chi connectivity index (χ1v) is 9.45. The summed E-state index contributed by atoms with van der Waals surface area (Å²) in [7, 11) is 0. The molecular formula is C21H17ClN2O3. The van der Waals surface area contributed by atoms with Gasteiger partial charge in [-0.3, -0.25) is 9.59 Å². The fourth-order valence-electron chi connectivity index (χ4n) is 4.51. The lowest BCUT2D eigenvalue weighted by Crippen LogP contribution is -2.38. The van der Waals surface area contributed by atoms with Crippen molar-refractivity contribution < 1.29 is 14.0 Å². The second-order valence-corrected chi connectivity index (χ2v) is 7.72. The Labute approximate surface area is 161 Å². The molecule has 6 heteroatoms. The van der Waals surface area contributed by atoms with E-state index in [4.69, 9.17) is 16.0 Å². The molecule has 2 fully saturated rings. The Bertz CT molecular complexity index is 961. The summed E-state index contributed by atoms with van der Waals surface area (Å²) in [4.78, 5) is 25.5. The van der Waals surface area contributed by atoms with Gasteiger partial charge in [0, 0.05) is 10.6 Å². The van der Waals surface area contributed by atoms with E-state index in [-0.39, 0.29) is 35.5 Å². The van der Waals surface area contributed by atoms with E-state index >= 15 is 0 Å². The molecule has 1 saturated heterocycles. The van der Waals surface area contributed by atoms with Crippen LogP contribution in [0.2, 0.25) is 5.02 Å². The number of hydrazone groups is 1. The molecule has 0 spiro atoms. The topological polar surface area (TPSA) is 62.9 Å². The SMILES string of the molecule is O=C1[C@@H]2[C@@H](C(=O)N1/N=C\c1ccc(-c3cccc(Cl)c3)o1)[C@H]1C=C[C@H]2CC1. The van der Waals surface area contributed by atoms with E-state index in [1.807, 2.05) is 24.3 Å². The van der Waals surface area contributed by atoms with Gasteiger partial charge in [-0.05, 0) is 48.9 Å². The number of carbonyl (C=O) groups is 2. The minimum Gasteiger partial charge on any atom is -0.455 e. The molecule has 2 heterocycles. The molecule has 1 aromatic heterocycles. The summed E-state index contributed by atoms with van der Waals surface area (Å²) < 4.78 is 5.76. The number of hydrogen-bond acceptors (Lipinski definition) is 4. The van der Waals surface area contributed by atoms with Gasteiger partial charge >= 0.3 is 0 Å². The predicted octanol–water partition coefficient (Wildman–Crippen LogP) is 4.13. The maximum atomic E-state index is 12.7. The van der Waals surface area contributed by atoms with Gasteiger partial charge in [0.05, 0.1) is 18.1 Å². The molecule has 4 atom stereocenters. The normalized spacial score (nSPS) is 29.1. The predicted molar refractivity (Wildman–Crippen MR) is 101 cm³/mol. The third-order valence-electron chi connectivity index (χ3n) is 5.77. The maximum Gasteiger partial charge on any atom is 0.254 e. The number of carbonyl (C=O) groups excluding carboxylic acids is 2. The Morgan fingerprint density at radius 3 is 2.37 bits per heavy atom. The molecular weight excluding hydrogens is 364 g/mol. The highest BCUT2D eigenvalue weighted by molar-refractivity contribution is 6.30. The number of allylic oxidation sites excluding steroid dienone is 2. The molecule has 4 aliphatic rings. The summed E-state index contributed by atoms with van der Waals surface area (Å²) in [5, 5.41) is 5.82. The van der Waals surface area contributed by atoms with Crippen molar-refractivity contribution in [1.29, 1.82) is 0 Å². The lowest BCUT2D eigenvalue weighted by Gasteiger charge is -2.37. The molecule has 2 amide bonds. The highest BCUT2D eigenvalue weighted by atomic mass is 35.5. The van der Waals surface area contributed by atoms with E-state index < -0.39 is 0 Å². The Morgan fingerprint density at radius 1 is 1.04 bits per heavy atom. The Balaban J connectivity index is 1.38. The zero-order valence-corrected chi connectivity index (χ0v) is 15.2. The fourth-order valence-corrected chi connectivity index (χ4v) is 4.70. The Hall–Kier alpha value is -2.66. The van der Waals surface area contributed by atoms with Gasteiger partial charge in [0.2, 0.25) is 0 Å². The summed E-state index contributed by atoms with van der Waals surface area (Å²) in [6, 6.07) is 10.9. The van der Waals surface area contributed by atoms with Crippen LogP contribution in [0, 0.1) is 23.7 Å². The van der Waals surface area contributed by atoms with Gasteiger partial charge in [-0.15, -0.1) is 0 Å². The third kappa shape index (κ3) is 2.65. The molecule has 6 rings (SSSR count). The molecule has 136 valence electrons. The minimum atomic E-state index is -0.253. The van der Waals surface area contributed by atoms with Crippen molar-refractivity contribution >= 4 is 29.6 Å². The van der Waals surface area contributed by atoms with Gasteiger partial charge in [-0.25, -0.2) is 0 Å². The molecule has 3 aliphatic carbocycles. The third-order valence-corrected chi connectivity index (χ3v) is 6.01. The number of nitrogens with zero attached hydrogens (tertiary/aromatic N) is 2. The quantitative estimate of drug-likeness (QED) is 0.457. The van der Waals surface area contributed by atoms with Gasteiger partial charge in [0.1, 0.15) is 11.5 Å². The van der Waals surface area contributed by atoms with Crippen LogP contribution < -0.4 is 0 Å². The Morgan fingerprint density at radius 2 is 1.74 bits per heavy atom. The Kier molecular flexibility index (Phi) is 3.79. The number of imide groups is 1. The number of amides is 2. The highest BCUT2D eigenvalue weighted by Gasteiger charge is 2.56.